The van der Waals surface area contributed by atoms with E-state index in [0.29, 0.717) is 18.6 Å². The van der Waals surface area contributed by atoms with Crippen molar-refractivity contribution in [2.75, 3.05) is 26.7 Å². The van der Waals surface area contributed by atoms with Crippen molar-refractivity contribution in [1.82, 2.24) is 4.90 Å². The van der Waals surface area contributed by atoms with Crippen molar-refractivity contribution in [3.05, 3.63) is 21.3 Å². The normalized spacial score (nSPS) is 27.3. The zero-order chi connectivity index (χ0) is 13.1. The van der Waals surface area contributed by atoms with E-state index in [2.05, 4.69) is 17.9 Å². The lowest BCUT2D eigenvalue weighted by atomic mass is 9.94. The predicted molar refractivity (Wildman–Crippen MR) is 77.3 cm³/mol. The molecule has 1 aromatic rings. The summed E-state index contributed by atoms with van der Waals surface area (Å²) >= 11 is 7.64. The van der Waals surface area contributed by atoms with Crippen LogP contribution in [0.3, 0.4) is 0 Å². The Balaban J connectivity index is 2.09. The fourth-order valence-electron chi connectivity index (χ4n) is 2.60. The van der Waals surface area contributed by atoms with Gasteiger partial charge in [-0.05, 0) is 31.0 Å². The van der Waals surface area contributed by atoms with Crippen LogP contribution in [0.2, 0.25) is 4.34 Å². The highest BCUT2D eigenvalue weighted by Gasteiger charge is 2.30. The summed E-state index contributed by atoms with van der Waals surface area (Å²) in [6.45, 7) is 4.92. The molecule has 5 heteroatoms. The first-order valence-corrected chi connectivity index (χ1v) is 7.57. The summed E-state index contributed by atoms with van der Waals surface area (Å²) in [4.78, 5) is 3.68. The molecule has 2 N–H and O–H groups in total. The first kappa shape index (κ1) is 14.3. The summed E-state index contributed by atoms with van der Waals surface area (Å²) in [6.07, 6.45) is 1.47. The molecule has 1 aliphatic heterocycles. The molecule has 2 rings (SSSR count). The number of hydrogen-bond donors (Lipinski definition) is 1. The fourth-order valence-corrected chi connectivity index (χ4v) is 3.81. The number of likely N-dealkylation sites (tertiary alicyclic amines) is 1. The van der Waals surface area contributed by atoms with Gasteiger partial charge >= 0.3 is 0 Å². The molecule has 0 spiro atoms. The molecular weight excluding hydrogens is 268 g/mol. The van der Waals surface area contributed by atoms with Crippen molar-refractivity contribution in [3.8, 4) is 0 Å². The maximum Gasteiger partial charge on any atom is 0.0931 e. The van der Waals surface area contributed by atoms with E-state index in [1.807, 2.05) is 6.07 Å². The molecule has 0 bridgehead atoms. The smallest absolute Gasteiger partial charge is 0.0931 e. The van der Waals surface area contributed by atoms with Gasteiger partial charge in [0.25, 0.3) is 0 Å². The second-order valence-electron chi connectivity index (χ2n) is 4.93. The molecule has 1 aliphatic rings. The minimum Gasteiger partial charge on any atom is -0.380 e. The third-order valence-corrected chi connectivity index (χ3v) is 5.14. The van der Waals surface area contributed by atoms with Crippen LogP contribution in [-0.2, 0) is 4.74 Å². The molecule has 3 unspecified atom stereocenters. The Hall–Kier alpha value is -0.130. The van der Waals surface area contributed by atoms with Crippen molar-refractivity contribution >= 4 is 22.9 Å². The molecule has 0 saturated carbocycles. The van der Waals surface area contributed by atoms with Gasteiger partial charge in [0.15, 0.2) is 0 Å². The molecule has 0 amide bonds. The summed E-state index contributed by atoms with van der Waals surface area (Å²) in [6, 6.07) is 4.31. The first-order valence-electron chi connectivity index (χ1n) is 6.37. The lowest BCUT2D eigenvalue weighted by Gasteiger charge is -2.40. The lowest BCUT2D eigenvalue weighted by molar-refractivity contribution is -0.0178. The topological polar surface area (TPSA) is 38.5 Å². The molecule has 2 heterocycles. The highest BCUT2D eigenvalue weighted by molar-refractivity contribution is 7.16. The van der Waals surface area contributed by atoms with Crippen LogP contribution in [-0.4, -0.2) is 37.7 Å². The summed E-state index contributed by atoms with van der Waals surface area (Å²) < 4.78 is 6.39. The molecule has 3 nitrogen and oxygen atoms in total. The van der Waals surface area contributed by atoms with Gasteiger partial charge in [-0.15, -0.1) is 11.3 Å². The SMILES string of the molecule is COC1CN(C(CN)c2ccc(Cl)s2)CCC1C. The first-order chi connectivity index (χ1) is 8.65. The van der Waals surface area contributed by atoms with Crippen molar-refractivity contribution < 1.29 is 4.74 Å². The Kier molecular flexibility index (Phi) is 5.04. The van der Waals surface area contributed by atoms with Gasteiger partial charge in [0.05, 0.1) is 16.5 Å². The Morgan fingerprint density at radius 1 is 1.61 bits per heavy atom. The molecule has 0 aromatic carbocycles. The van der Waals surface area contributed by atoms with Gasteiger partial charge in [-0.3, -0.25) is 4.90 Å². The Morgan fingerprint density at radius 3 is 2.94 bits per heavy atom. The van der Waals surface area contributed by atoms with E-state index < -0.39 is 0 Å². The Bertz CT molecular complexity index is 385. The molecule has 1 aromatic heterocycles. The van der Waals surface area contributed by atoms with Gasteiger partial charge in [-0.2, -0.15) is 0 Å². The van der Waals surface area contributed by atoms with E-state index in [0.717, 1.165) is 23.8 Å². The molecule has 0 radical (unpaired) electrons. The molecular formula is C13H21ClN2OS. The highest BCUT2D eigenvalue weighted by atomic mass is 35.5. The average Bonchev–Trinajstić information content (AvgIpc) is 2.79. The number of methoxy groups -OCH3 is 1. The minimum atomic E-state index is 0.271. The van der Waals surface area contributed by atoms with Gasteiger partial charge in [0, 0.05) is 25.1 Å². The second-order valence-corrected chi connectivity index (χ2v) is 6.68. The molecule has 1 fully saturated rings. The van der Waals surface area contributed by atoms with E-state index in [1.165, 1.54) is 4.88 Å². The van der Waals surface area contributed by atoms with Crippen LogP contribution >= 0.6 is 22.9 Å². The van der Waals surface area contributed by atoms with Gasteiger partial charge in [0.2, 0.25) is 0 Å². The standard InChI is InChI=1S/C13H21ClN2OS/c1-9-5-6-16(8-11(9)17-2)10(7-15)12-3-4-13(14)18-12/h3-4,9-11H,5-8,15H2,1-2H3. The van der Waals surface area contributed by atoms with Crippen LogP contribution in [0.1, 0.15) is 24.3 Å². The van der Waals surface area contributed by atoms with Crippen LogP contribution < -0.4 is 5.73 Å². The van der Waals surface area contributed by atoms with E-state index in [1.54, 1.807) is 18.4 Å². The summed E-state index contributed by atoms with van der Waals surface area (Å²) in [5.41, 5.74) is 5.95. The van der Waals surface area contributed by atoms with Crippen LogP contribution in [0.5, 0.6) is 0 Å². The molecule has 102 valence electrons. The number of hydrogen-bond acceptors (Lipinski definition) is 4. The van der Waals surface area contributed by atoms with E-state index in [-0.39, 0.29) is 6.04 Å². The lowest BCUT2D eigenvalue weighted by Crippen LogP contribution is -2.46. The van der Waals surface area contributed by atoms with Gasteiger partial charge in [0.1, 0.15) is 0 Å². The summed E-state index contributed by atoms with van der Waals surface area (Å²) in [5, 5.41) is 0. The average molecular weight is 289 g/mol. The number of thiophene rings is 1. The zero-order valence-corrected chi connectivity index (χ0v) is 12.5. The number of halogens is 1. The quantitative estimate of drug-likeness (QED) is 0.926. The van der Waals surface area contributed by atoms with Crippen molar-refractivity contribution in [1.29, 1.82) is 0 Å². The van der Waals surface area contributed by atoms with E-state index in [9.17, 15) is 0 Å². The molecule has 18 heavy (non-hydrogen) atoms. The highest BCUT2D eigenvalue weighted by Crippen LogP contribution is 2.32. The van der Waals surface area contributed by atoms with Crippen molar-refractivity contribution in [2.45, 2.75) is 25.5 Å². The maximum atomic E-state index is 6.01. The van der Waals surface area contributed by atoms with E-state index >= 15 is 0 Å². The Morgan fingerprint density at radius 2 is 2.39 bits per heavy atom. The number of ether oxygens (including phenoxy) is 1. The number of piperidine rings is 1. The van der Waals surface area contributed by atoms with Crippen molar-refractivity contribution in [2.24, 2.45) is 11.7 Å². The van der Waals surface area contributed by atoms with Gasteiger partial charge in [-0.25, -0.2) is 0 Å². The molecule has 3 atom stereocenters. The second kappa shape index (κ2) is 6.35. The van der Waals surface area contributed by atoms with Gasteiger partial charge in [-0.1, -0.05) is 18.5 Å². The Labute approximate surface area is 118 Å². The van der Waals surface area contributed by atoms with Crippen LogP contribution in [0, 0.1) is 5.92 Å². The van der Waals surface area contributed by atoms with Crippen LogP contribution in [0.15, 0.2) is 12.1 Å². The third-order valence-electron chi connectivity index (χ3n) is 3.81. The van der Waals surface area contributed by atoms with Gasteiger partial charge < -0.3 is 10.5 Å². The molecule has 1 saturated heterocycles. The predicted octanol–water partition coefficient (Wildman–Crippen LogP) is 2.76. The fraction of sp³-hybridized carbons (Fsp3) is 0.692. The number of rotatable bonds is 4. The largest absolute Gasteiger partial charge is 0.380 e. The number of nitrogens with zero attached hydrogens (tertiary/aromatic N) is 1. The summed E-state index contributed by atoms with van der Waals surface area (Å²) in [7, 11) is 1.80. The van der Waals surface area contributed by atoms with E-state index in [4.69, 9.17) is 22.1 Å². The van der Waals surface area contributed by atoms with Crippen LogP contribution in [0.25, 0.3) is 0 Å². The zero-order valence-electron chi connectivity index (χ0n) is 10.9. The summed E-state index contributed by atoms with van der Waals surface area (Å²) in [5.74, 6) is 0.622. The molecule has 0 aliphatic carbocycles. The van der Waals surface area contributed by atoms with Crippen LogP contribution in [0.4, 0.5) is 0 Å². The maximum absolute atomic E-state index is 6.01. The minimum absolute atomic E-state index is 0.271. The third kappa shape index (κ3) is 3.06. The monoisotopic (exact) mass is 288 g/mol. The number of nitrogens with two attached hydrogens (primary N) is 1. The van der Waals surface area contributed by atoms with Crippen molar-refractivity contribution in [3.63, 3.8) is 0 Å².